The van der Waals surface area contributed by atoms with Crippen molar-refractivity contribution in [1.29, 1.82) is 0 Å². The van der Waals surface area contributed by atoms with Gasteiger partial charge in [0.2, 0.25) is 5.91 Å². The third-order valence-corrected chi connectivity index (χ3v) is 5.54. The highest BCUT2D eigenvalue weighted by Crippen LogP contribution is 2.35. The van der Waals surface area contributed by atoms with Crippen LogP contribution in [0, 0.1) is 5.92 Å². The highest BCUT2D eigenvalue weighted by Gasteiger charge is 2.36. The van der Waals surface area contributed by atoms with E-state index in [4.69, 9.17) is 0 Å². The SMILES string of the molecule is C[C@H]1CNCCN1CC(=O)N1CCCC2CCCCC21.Cl. The molecule has 3 rings (SSSR count). The third-order valence-electron chi connectivity index (χ3n) is 5.54. The molecule has 2 heterocycles. The Kier molecular flexibility index (Phi) is 6.33. The zero-order valence-electron chi connectivity index (χ0n) is 13.2. The number of rotatable bonds is 2. The van der Waals surface area contributed by atoms with Crippen LogP contribution in [0.15, 0.2) is 0 Å². The first kappa shape index (κ1) is 17.0. The van der Waals surface area contributed by atoms with Gasteiger partial charge in [0.25, 0.3) is 0 Å². The largest absolute Gasteiger partial charge is 0.338 e. The van der Waals surface area contributed by atoms with E-state index in [9.17, 15) is 4.79 Å². The molecule has 3 aliphatic rings. The van der Waals surface area contributed by atoms with Gasteiger partial charge in [-0.15, -0.1) is 12.4 Å². The van der Waals surface area contributed by atoms with Gasteiger partial charge in [0.1, 0.15) is 0 Å². The van der Waals surface area contributed by atoms with Crippen LogP contribution >= 0.6 is 12.4 Å². The van der Waals surface area contributed by atoms with E-state index in [-0.39, 0.29) is 12.4 Å². The lowest BCUT2D eigenvalue weighted by molar-refractivity contribution is -0.139. The van der Waals surface area contributed by atoms with Crippen molar-refractivity contribution >= 4 is 18.3 Å². The highest BCUT2D eigenvalue weighted by atomic mass is 35.5. The number of likely N-dealkylation sites (tertiary alicyclic amines) is 1. The van der Waals surface area contributed by atoms with Gasteiger partial charge in [-0.1, -0.05) is 12.8 Å². The Morgan fingerprint density at radius 1 is 1.14 bits per heavy atom. The standard InChI is InChI=1S/C16H29N3O.ClH/c1-13-11-17-8-10-18(13)12-16(20)19-9-4-6-14-5-2-3-7-15(14)19;/h13-15,17H,2-12H2,1H3;1H/t13-,14?,15?;/m0./s1. The van der Waals surface area contributed by atoms with Gasteiger partial charge in [-0.05, 0) is 38.5 Å². The maximum Gasteiger partial charge on any atom is 0.237 e. The molecular weight excluding hydrogens is 286 g/mol. The number of carbonyl (C=O) groups is 1. The first-order valence-electron chi connectivity index (χ1n) is 8.50. The summed E-state index contributed by atoms with van der Waals surface area (Å²) in [6.45, 7) is 6.89. The number of fused-ring (bicyclic) bond motifs is 1. The fourth-order valence-corrected chi connectivity index (χ4v) is 4.32. The van der Waals surface area contributed by atoms with Gasteiger partial charge in [-0.2, -0.15) is 0 Å². The van der Waals surface area contributed by atoms with E-state index in [0.717, 1.165) is 32.1 Å². The Morgan fingerprint density at radius 3 is 2.71 bits per heavy atom. The molecule has 1 aliphatic carbocycles. The summed E-state index contributed by atoms with van der Waals surface area (Å²) in [5.74, 6) is 1.18. The molecule has 2 unspecified atom stereocenters. The molecule has 0 aromatic heterocycles. The Hall–Kier alpha value is -0.320. The molecule has 122 valence electrons. The van der Waals surface area contributed by atoms with Gasteiger partial charge in [0.15, 0.2) is 0 Å². The maximum absolute atomic E-state index is 12.7. The minimum atomic E-state index is 0. The minimum Gasteiger partial charge on any atom is -0.338 e. The van der Waals surface area contributed by atoms with Crippen molar-refractivity contribution in [3.63, 3.8) is 0 Å². The van der Waals surface area contributed by atoms with Crippen molar-refractivity contribution in [3.8, 4) is 0 Å². The van der Waals surface area contributed by atoms with Gasteiger partial charge < -0.3 is 10.2 Å². The van der Waals surface area contributed by atoms with Crippen LogP contribution in [0.5, 0.6) is 0 Å². The van der Waals surface area contributed by atoms with Crippen molar-refractivity contribution in [2.24, 2.45) is 5.92 Å². The molecule has 0 aromatic carbocycles. The molecule has 4 nitrogen and oxygen atoms in total. The summed E-state index contributed by atoms with van der Waals surface area (Å²) in [5, 5.41) is 3.40. The Balaban J connectivity index is 0.00000161. The van der Waals surface area contributed by atoms with E-state index in [1.165, 1.54) is 38.5 Å². The molecule has 1 saturated carbocycles. The number of piperidine rings is 1. The summed E-state index contributed by atoms with van der Waals surface area (Å²) < 4.78 is 0. The minimum absolute atomic E-state index is 0. The van der Waals surface area contributed by atoms with Crippen LogP contribution in [-0.2, 0) is 4.79 Å². The number of amides is 1. The van der Waals surface area contributed by atoms with E-state index in [2.05, 4.69) is 22.0 Å². The van der Waals surface area contributed by atoms with Crippen LogP contribution in [0.1, 0.15) is 45.4 Å². The number of hydrogen-bond acceptors (Lipinski definition) is 3. The fraction of sp³-hybridized carbons (Fsp3) is 0.938. The van der Waals surface area contributed by atoms with Crippen molar-refractivity contribution in [1.82, 2.24) is 15.1 Å². The molecule has 2 saturated heterocycles. The Morgan fingerprint density at radius 2 is 1.90 bits per heavy atom. The molecule has 5 heteroatoms. The summed E-state index contributed by atoms with van der Waals surface area (Å²) in [7, 11) is 0. The monoisotopic (exact) mass is 315 g/mol. The summed E-state index contributed by atoms with van der Waals surface area (Å²) in [5.41, 5.74) is 0. The second kappa shape index (κ2) is 7.80. The molecule has 3 atom stereocenters. The summed E-state index contributed by atoms with van der Waals surface area (Å²) in [6.07, 6.45) is 7.83. The van der Waals surface area contributed by atoms with E-state index in [0.29, 0.717) is 24.5 Å². The lowest BCUT2D eigenvalue weighted by atomic mass is 9.78. The third kappa shape index (κ3) is 3.91. The molecule has 0 spiro atoms. The summed E-state index contributed by atoms with van der Waals surface area (Å²) in [4.78, 5) is 17.3. The average Bonchev–Trinajstić information content (AvgIpc) is 2.49. The topological polar surface area (TPSA) is 35.6 Å². The normalized spacial score (nSPS) is 34.0. The predicted octanol–water partition coefficient (Wildman–Crippen LogP) is 1.88. The summed E-state index contributed by atoms with van der Waals surface area (Å²) >= 11 is 0. The number of halogens is 1. The number of carbonyl (C=O) groups excluding carboxylic acids is 1. The highest BCUT2D eigenvalue weighted by molar-refractivity contribution is 5.85. The number of nitrogens with one attached hydrogen (secondary N) is 1. The molecule has 1 amide bonds. The van der Waals surface area contributed by atoms with Crippen LogP contribution < -0.4 is 5.32 Å². The van der Waals surface area contributed by atoms with Gasteiger partial charge in [0, 0.05) is 38.3 Å². The molecule has 0 bridgehead atoms. The maximum atomic E-state index is 12.7. The second-order valence-corrected chi connectivity index (χ2v) is 6.86. The fourth-order valence-electron chi connectivity index (χ4n) is 4.32. The number of nitrogens with zero attached hydrogens (tertiary/aromatic N) is 2. The molecule has 0 radical (unpaired) electrons. The zero-order valence-corrected chi connectivity index (χ0v) is 14.0. The van der Waals surface area contributed by atoms with E-state index in [1.807, 2.05) is 0 Å². The molecular formula is C16H30ClN3O. The Bertz CT molecular complexity index is 350. The smallest absolute Gasteiger partial charge is 0.237 e. The first-order chi connectivity index (χ1) is 9.75. The van der Waals surface area contributed by atoms with Crippen molar-refractivity contribution < 1.29 is 4.79 Å². The van der Waals surface area contributed by atoms with Crippen molar-refractivity contribution in [2.45, 2.75) is 57.5 Å². The lowest BCUT2D eigenvalue weighted by Gasteiger charge is -2.45. The van der Waals surface area contributed by atoms with Crippen molar-refractivity contribution in [3.05, 3.63) is 0 Å². The number of hydrogen-bond donors (Lipinski definition) is 1. The van der Waals surface area contributed by atoms with Crippen LogP contribution in [0.4, 0.5) is 0 Å². The first-order valence-corrected chi connectivity index (χ1v) is 8.50. The van der Waals surface area contributed by atoms with Gasteiger partial charge in [-0.25, -0.2) is 0 Å². The van der Waals surface area contributed by atoms with Gasteiger partial charge >= 0.3 is 0 Å². The quantitative estimate of drug-likeness (QED) is 0.845. The van der Waals surface area contributed by atoms with Crippen LogP contribution in [0.25, 0.3) is 0 Å². The van der Waals surface area contributed by atoms with Crippen molar-refractivity contribution in [2.75, 3.05) is 32.7 Å². The summed E-state index contributed by atoms with van der Waals surface area (Å²) in [6, 6.07) is 1.04. The van der Waals surface area contributed by atoms with E-state index >= 15 is 0 Å². The zero-order chi connectivity index (χ0) is 13.9. The van der Waals surface area contributed by atoms with Crippen LogP contribution in [0.3, 0.4) is 0 Å². The molecule has 1 N–H and O–H groups in total. The molecule has 2 aliphatic heterocycles. The van der Waals surface area contributed by atoms with Crippen LogP contribution in [-0.4, -0.2) is 60.5 Å². The van der Waals surface area contributed by atoms with E-state index in [1.54, 1.807) is 0 Å². The van der Waals surface area contributed by atoms with E-state index < -0.39 is 0 Å². The molecule has 0 aromatic rings. The lowest BCUT2D eigenvalue weighted by Crippen LogP contribution is -2.56. The number of piperazine rings is 1. The molecule has 21 heavy (non-hydrogen) atoms. The van der Waals surface area contributed by atoms with Gasteiger partial charge in [0.05, 0.1) is 6.54 Å². The van der Waals surface area contributed by atoms with Crippen LogP contribution in [0.2, 0.25) is 0 Å². The van der Waals surface area contributed by atoms with Gasteiger partial charge in [-0.3, -0.25) is 9.69 Å². The predicted molar refractivity (Wildman–Crippen MR) is 87.8 cm³/mol. The Labute approximate surface area is 135 Å². The second-order valence-electron chi connectivity index (χ2n) is 6.86. The molecule has 3 fully saturated rings. The average molecular weight is 316 g/mol.